The van der Waals surface area contributed by atoms with Gasteiger partial charge in [-0.25, -0.2) is 4.98 Å². The van der Waals surface area contributed by atoms with Crippen LogP contribution in [0.15, 0.2) is 24.8 Å². The van der Waals surface area contributed by atoms with E-state index in [2.05, 4.69) is 26.2 Å². The fourth-order valence-corrected chi connectivity index (χ4v) is 3.13. The summed E-state index contributed by atoms with van der Waals surface area (Å²) in [6, 6.07) is 0. The molecule has 1 fully saturated rings. The van der Waals surface area contributed by atoms with Crippen LogP contribution in [0.4, 0.5) is 0 Å². The van der Waals surface area contributed by atoms with E-state index in [9.17, 15) is 0 Å². The zero-order chi connectivity index (χ0) is 15.4. The Balaban J connectivity index is 1.50. The second-order valence-corrected chi connectivity index (χ2v) is 6.01. The number of aryl methyl sites for hydroxylation is 2. The molecular formula is C16H25N5O. The van der Waals surface area contributed by atoms with Crippen molar-refractivity contribution in [1.29, 1.82) is 0 Å². The van der Waals surface area contributed by atoms with E-state index in [4.69, 9.17) is 4.74 Å². The molecule has 1 saturated heterocycles. The molecule has 120 valence electrons. The van der Waals surface area contributed by atoms with Gasteiger partial charge in [-0.3, -0.25) is 4.68 Å². The normalized spacial score (nSPS) is 22.1. The lowest BCUT2D eigenvalue weighted by Crippen LogP contribution is -2.33. The lowest BCUT2D eigenvalue weighted by atomic mass is 9.91. The molecule has 0 spiro atoms. The molecule has 0 aliphatic carbocycles. The quantitative estimate of drug-likeness (QED) is 0.825. The van der Waals surface area contributed by atoms with Crippen LogP contribution in [0, 0.1) is 12.8 Å². The molecule has 0 unspecified atom stereocenters. The van der Waals surface area contributed by atoms with E-state index in [1.165, 1.54) is 12.0 Å². The minimum absolute atomic E-state index is 0.171. The topological polar surface area (TPSA) is 56.9 Å². The monoisotopic (exact) mass is 303 g/mol. The highest BCUT2D eigenvalue weighted by Crippen LogP contribution is 2.32. The molecule has 0 aromatic carbocycles. The van der Waals surface area contributed by atoms with Gasteiger partial charge < -0.3 is 14.6 Å². The summed E-state index contributed by atoms with van der Waals surface area (Å²) in [5.74, 6) is 1.58. The molecule has 0 radical (unpaired) electrons. The van der Waals surface area contributed by atoms with E-state index >= 15 is 0 Å². The lowest BCUT2D eigenvalue weighted by Gasteiger charge is -2.31. The van der Waals surface area contributed by atoms with E-state index in [-0.39, 0.29) is 6.10 Å². The molecular weight excluding hydrogens is 278 g/mol. The predicted molar refractivity (Wildman–Crippen MR) is 84.5 cm³/mol. The zero-order valence-electron chi connectivity index (χ0n) is 13.4. The third-order valence-corrected chi connectivity index (χ3v) is 4.36. The number of hydrogen-bond acceptors (Lipinski definition) is 4. The van der Waals surface area contributed by atoms with Gasteiger partial charge in [-0.15, -0.1) is 0 Å². The number of hydrogen-bond donors (Lipinski definition) is 1. The van der Waals surface area contributed by atoms with Gasteiger partial charge in [-0.1, -0.05) is 0 Å². The van der Waals surface area contributed by atoms with Crippen LogP contribution >= 0.6 is 0 Å². The molecule has 2 aromatic rings. The highest BCUT2D eigenvalue weighted by molar-refractivity contribution is 5.10. The van der Waals surface area contributed by atoms with Crippen molar-refractivity contribution in [2.75, 3.05) is 19.7 Å². The summed E-state index contributed by atoms with van der Waals surface area (Å²) in [7, 11) is 1.95. The first-order valence-corrected chi connectivity index (χ1v) is 8.02. The van der Waals surface area contributed by atoms with Crippen molar-refractivity contribution in [2.45, 2.75) is 32.4 Å². The van der Waals surface area contributed by atoms with Crippen LogP contribution in [0.25, 0.3) is 0 Å². The molecule has 6 heteroatoms. The zero-order valence-corrected chi connectivity index (χ0v) is 13.4. The van der Waals surface area contributed by atoms with Gasteiger partial charge in [0, 0.05) is 63.4 Å². The van der Waals surface area contributed by atoms with Crippen LogP contribution in [-0.2, 0) is 18.3 Å². The SMILES string of the molecule is Cc1nccn1CCNC[C@@H]1CCCO[C@H]1c1cnn(C)c1. The average molecular weight is 303 g/mol. The van der Waals surface area contributed by atoms with E-state index in [1.54, 1.807) is 0 Å². The molecule has 3 heterocycles. The van der Waals surface area contributed by atoms with Crippen molar-refractivity contribution in [3.05, 3.63) is 36.2 Å². The van der Waals surface area contributed by atoms with E-state index in [0.29, 0.717) is 5.92 Å². The number of ether oxygens (including phenoxy) is 1. The summed E-state index contributed by atoms with van der Waals surface area (Å²) in [4.78, 5) is 4.25. The van der Waals surface area contributed by atoms with Gasteiger partial charge >= 0.3 is 0 Å². The van der Waals surface area contributed by atoms with Crippen LogP contribution in [0.1, 0.15) is 30.3 Å². The Morgan fingerprint density at radius 1 is 1.45 bits per heavy atom. The highest BCUT2D eigenvalue weighted by atomic mass is 16.5. The first-order valence-electron chi connectivity index (χ1n) is 8.02. The van der Waals surface area contributed by atoms with Gasteiger partial charge in [0.15, 0.2) is 0 Å². The summed E-state index contributed by atoms with van der Waals surface area (Å²) in [5.41, 5.74) is 1.19. The summed E-state index contributed by atoms with van der Waals surface area (Å²) < 4.78 is 10.0. The first kappa shape index (κ1) is 15.2. The third kappa shape index (κ3) is 3.56. The minimum atomic E-state index is 0.171. The van der Waals surface area contributed by atoms with E-state index in [1.807, 2.05) is 37.2 Å². The second-order valence-electron chi connectivity index (χ2n) is 6.01. The van der Waals surface area contributed by atoms with Gasteiger partial charge in [-0.05, 0) is 19.8 Å². The predicted octanol–water partition coefficient (Wildman–Crippen LogP) is 1.68. The van der Waals surface area contributed by atoms with E-state index < -0.39 is 0 Å². The molecule has 1 aliphatic rings. The number of aromatic nitrogens is 4. The Morgan fingerprint density at radius 3 is 3.09 bits per heavy atom. The molecule has 2 aromatic heterocycles. The van der Waals surface area contributed by atoms with Crippen molar-refractivity contribution in [3.8, 4) is 0 Å². The Kier molecular flexibility index (Phi) is 4.90. The maximum absolute atomic E-state index is 6.00. The minimum Gasteiger partial charge on any atom is -0.373 e. The highest BCUT2D eigenvalue weighted by Gasteiger charge is 2.28. The van der Waals surface area contributed by atoms with Gasteiger partial charge in [0.25, 0.3) is 0 Å². The fraction of sp³-hybridized carbons (Fsp3) is 0.625. The van der Waals surface area contributed by atoms with Crippen LogP contribution in [-0.4, -0.2) is 39.0 Å². The number of nitrogens with zero attached hydrogens (tertiary/aromatic N) is 4. The molecule has 0 bridgehead atoms. The summed E-state index contributed by atoms with van der Waals surface area (Å²) in [5, 5.41) is 7.84. The standard InChI is InChI=1S/C16H25N5O/c1-13-18-6-8-21(13)7-5-17-10-14-4-3-9-22-16(14)15-11-19-20(2)12-15/h6,8,11-12,14,16-17H,3-5,7,9-10H2,1-2H3/t14-,16+/m0/s1. The largest absolute Gasteiger partial charge is 0.373 e. The molecule has 0 saturated carbocycles. The van der Waals surface area contributed by atoms with Crippen molar-refractivity contribution in [1.82, 2.24) is 24.6 Å². The Labute approximate surface area is 131 Å². The molecule has 2 atom stereocenters. The van der Waals surface area contributed by atoms with Gasteiger partial charge in [0.1, 0.15) is 5.82 Å². The van der Waals surface area contributed by atoms with E-state index in [0.717, 1.165) is 38.5 Å². The molecule has 1 N–H and O–H groups in total. The van der Waals surface area contributed by atoms with Crippen LogP contribution in [0.3, 0.4) is 0 Å². The van der Waals surface area contributed by atoms with Gasteiger partial charge in [0.2, 0.25) is 0 Å². The summed E-state index contributed by atoms with van der Waals surface area (Å²) in [6.07, 6.45) is 10.4. The Morgan fingerprint density at radius 2 is 2.36 bits per heavy atom. The average Bonchev–Trinajstić information content (AvgIpc) is 3.13. The second kappa shape index (κ2) is 7.07. The molecule has 6 nitrogen and oxygen atoms in total. The third-order valence-electron chi connectivity index (χ3n) is 4.36. The maximum atomic E-state index is 6.00. The fourth-order valence-electron chi connectivity index (χ4n) is 3.13. The first-order chi connectivity index (χ1) is 10.7. The molecule has 3 rings (SSSR count). The Bertz CT molecular complexity index is 591. The molecule has 1 aliphatic heterocycles. The number of nitrogens with one attached hydrogen (secondary N) is 1. The smallest absolute Gasteiger partial charge is 0.105 e. The van der Waals surface area contributed by atoms with Gasteiger partial charge in [-0.2, -0.15) is 5.10 Å². The van der Waals surface area contributed by atoms with Crippen molar-refractivity contribution >= 4 is 0 Å². The number of rotatable bonds is 6. The number of imidazole rings is 1. The molecule has 22 heavy (non-hydrogen) atoms. The molecule has 0 amide bonds. The Hall–Kier alpha value is -1.66. The van der Waals surface area contributed by atoms with Crippen molar-refractivity contribution in [3.63, 3.8) is 0 Å². The van der Waals surface area contributed by atoms with Crippen molar-refractivity contribution < 1.29 is 4.74 Å². The van der Waals surface area contributed by atoms with Crippen LogP contribution in [0.2, 0.25) is 0 Å². The summed E-state index contributed by atoms with van der Waals surface area (Å²) >= 11 is 0. The summed E-state index contributed by atoms with van der Waals surface area (Å²) in [6.45, 7) is 5.77. The van der Waals surface area contributed by atoms with Gasteiger partial charge in [0.05, 0.1) is 12.3 Å². The van der Waals surface area contributed by atoms with Crippen LogP contribution in [0.5, 0.6) is 0 Å². The van der Waals surface area contributed by atoms with Crippen LogP contribution < -0.4 is 5.32 Å². The lowest BCUT2D eigenvalue weighted by molar-refractivity contribution is -0.0277. The maximum Gasteiger partial charge on any atom is 0.105 e. The van der Waals surface area contributed by atoms with Crippen molar-refractivity contribution in [2.24, 2.45) is 13.0 Å².